The second kappa shape index (κ2) is 41.5. The Labute approximate surface area is 335 Å². The van der Waals surface area contributed by atoms with Crippen molar-refractivity contribution < 1.29 is 29.3 Å². The molecule has 0 heterocycles. The van der Waals surface area contributed by atoms with Crippen LogP contribution in [0.4, 0.5) is 0 Å². The van der Waals surface area contributed by atoms with E-state index in [1.165, 1.54) is 128 Å². The van der Waals surface area contributed by atoms with Gasteiger partial charge in [0.2, 0.25) is 0 Å². The molecule has 0 aliphatic heterocycles. The predicted octanol–water partition coefficient (Wildman–Crippen LogP) is 12.4. The summed E-state index contributed by atoms with van der Waals surface area (Å²) in [7, 11) is 0. The Kier molecular flexibility index (Phi) is 40.5. The lowest BCUT2D eigenvalue weighted by molar-refractivity contribution is -0.145. The van der Waals surface area contributed by atoms with Crippen molar-refractivity contribution in [1.29, 1.82) is 0 Å². The van der Waals surface area contributed by atoms with Gasteiger partial charge in [0.15, 0.2) is 0 Å². The predicted molar refractivity (Wildman–Crippen MR) is 229 cm³/mol. The lowest BCUT2D eigenvalue weighted by Gasteiger charge is -2.26. The Bertz CT molecular complexity index is 794. The minimum atomic E-state index is -0.0871. The summed E-state index contributed by atoms with van der Waals surface area (Å²) in [5.74, 6) is 1.35. The summed E-state index contributed by atoms with van der Waals surface area (Å²) >= 11 is 0. The van der Waals surface area contributed by atoms with Gasteiger partial charge in [-0.25, -0.2) is 0 Å². The first kappa shape index (κ1) is 52.8. The molecule has 7 heteroatoms. The van der Waals surface area contributed by atoms with E-state index in [1.54, 1.807) is 0 Å². The van der Waals surface area contributed by atoms with Crippen LogP contribution in [0.5, 0.6) is 0 Å². The number of aliphatic hydroxyl groups is 2. The molecule has 0 radical (unpaired) electrons. The summed E-state index contributed by atoms with van der Waals surface area (Å²) < 4.78 is 11.3. The van der Waals surface area contributed by atoms with Gasteiger partial charge in [0.1, 0.15) is 0 Å². The molecule has 0 rings (SSSR count). The van der Waals surface area contributed by atoms with Crippen molar-refractivity contribution >= 4 is 11.9 Å². The number of nitrogens with zero attached hydrogens (tertiary/aromatic N) is 1. The maximum atomic E-state index is 12.5. The van der Waals surface area contributed by atoms with Gasteiger partial charge in [-0.3, -0.25) is 9.59 Å². The highest BCUT2D eigenvalue weighted by molar-refractivity contribution is 5.69. The van der Waals surface area contributed by atoms with E-state index in [4.69, 9.17) is 9.47 Å². The fourth-order valence-electron chi connectivity index (χ4n) is 7.83. The minimum Gasteiger partial charge on any atom is -0.466 e. The van der Waals surface area contributed by atoms with Crippen molar-refractivity contribution in [3.8, 4) is 0 Å². The van der Waals surface area contributed by atoms with Gasteiger partial charge in [-0.15, -0.1) is 0 Å². The van der Waals surface area contributed by atoms with E-state index in [2.05, 4.69) is 32.6 Å². The molecule has 0 bridgehead atoms. The summed E-state index contributed by atoms with van der Waals surface area (Å²) in [6.45, 7) is 12.6. The highest BCUT2D eigenvalue weighted by Crippen LogP contribution is 2.23. The van der Waals surface area contributed by atoms with Crippen molar-refractivity contribution in [2.45, 2.75) is 227 Å². The molecule has 0 amide bonds. The molecule has 0 fully saturated rings. The fourth-order valence-corrected chi connectivity index (χ4v) is 7.83. The van der Waals surface area contributed by atoms with E-state index in [-0.39, 0.29) is 31.1 Å². The Morgan fingerprint density at radius 3 is 1.28 bits per heavy atom. The van der Waals surface area contributed by atoms with Crippen molar-refractivity contribution in [3.05, 3.63) is 0 Å². The molecule has 0 aliphatic carbocycles. The van der Waals surface area contributed by atoms with Gasteiger partial charge in [0.25, 0.3) is 0 Å². The standard InChI is InChI=1S/C47H93NO6/c1-5-9-13-15-21-29-43(27-19-11-7-3)34-39-53-46(51)32-23-17-18-26-36-48(37-38-49)41-45(42-50)31-24-25-33-47(52)54-40-35-44(28-20-12-8-4)30-22-16-14-10-6-2/h43-45,49-50H,5-42H2,1-4H3. The quantitative estimate of drug-likeness (QED) is 0.0471. The summed E-state index contributed by atoms with van der Waals surface area (Å²) in [4.78, 5) is 27.1. The number of carbonyl (C=O) groups is 2. The van der Waals surface area contributed by atoms with E-state index in [0.29, 0.717) is 44.4 Å². The van der Waals surface area contributed by atoms with Crippen LogP contribution < -0.4 is 0 Å². The molecule has 322 valence electrons. The molecule has 0 aromatic heterocycles. The second-order valence-electron chi connectivity index (χ2n) is 16.6. The van der Waals surface area contributed by atoms with E-state index < -0.39 is 0 Å². The average Bonchev–Trinajstić information content (AvgIpc) is 3.16. The van der Waals surface area contributed by atoms with Crippen LogP contribution in [0.3, 0.4) is 0 Å². The maximum absolute atomic E-state index is 12.5. The van der Waals surface area contributed by atoms with Gasteiger partial charge in [-0.05, 0) is 62.8 Å². The molecule has 0 saturated heterocycles. The van der Waals surface area contributed by atoms with E-state index >= 15 is 0 Å². The van der Waals surface area contributed by atoms with Crippen LogP contribution in [-0.2, 0) is 19.1 Å². The monoisotopic (exact) mass is 768 g/mol. The third-order valence-electron chi connectivity index (χ3n) is 11.5. The minimum absolute atomic E-state index is 0.0545. The van der Waals surface area contributed by atoms with Crippen LogP contribution in [0, 0.1) is 17.8 Å². The Hall–Kier alpha value is -1.18. The third-order valence-corrected chi connectivity index (χ3v) is 11.5. The smallest absolute Gasteiger partial charge is 0.305 e. The lowest BCUT2D eigenvalue weighted by atomic mass is 9.92. The molecule has 2 N–H and O–H groups in total. The Balaban J connectivity index is 4.23. The summed E-state index contributed by atoms with van der Waals surface area (Å²) in [6.07, 6.45) is 35.2. The third kappa shape index (κ3) is 35.2. The zero-order chi connectivity index (χ0) is 39.7. The summed E-state index contributed by atoms with van der Waals surface area (Å²) in [6, 6.07) is 0. The maximum Gasteiger partial charge on any atom is 0.305 e. The molecule has 0 aliphatic rings. The summed E-state index contributed by atoms with van der Waals surface area (Å²) in [5, 5.41) is 19.7. The molecule has 0 aromatic carbocycles. The van der Waals surface area contributed by atoms with Crippen molar-refractivity contribution in [2.75, 3.05) is 46.1 Å². The fraction of sp³-hybridized carbons (Fsp3) is 0.957. The molecule has 7 nitrogen and oxygen atoms in total. The number of rotatable bonds is 43. The second-order valence-corrected chi connectivity index (χ2v) is 16.6. The Morgan fingerprint density at radius 2 is 0.815 bits per heavy atom. The van der Waals surface area contributed by atoms with Crippen LogP contribution in [-0.4, -0.2) is 73.1 Å². The number of ether oxygens (including phenoxy) is 2. The number of esters is 2. The molecular weight excluding hydrogens is 675 g/mol. The molecule has 0 aromatic rings. The number of aliphatic hydroxyl groups excluding tert-OH is 2. The number of hydrogen-bond acceptors (Lipinski definition) is 7. The van der Waals surface area contributed by atoms with E-state index in [0.717, 1.165) is 70.9 Å². The highest BCUT2D eigenvalue weighted by Gasteiger charge is 2.15. The number of hydrogen-bond donors (Lipinski definition) is 2. The van der Waals surface area contributed by atoms with Gasteiger partial charge in [0, 0.05) is 32.5 Å². The molecule has 3 atom stereocenters. The SMILES string of the molecule is CCCCCCCC(CCCCC)CCOC(=O)CCCCCCN(CCO)CC(CO)CCCCC(=O)OCCC(CCCCC)CCCCCCC. The van der Waals surface area contributed by atoms with Gasteiger partial charge >= 0.3 is 11.9 Å². The molecule has 3 unspecified atom stereocenters. The number of carbonyl (C=O) groups excluding carboxylic acids is 2. The number of unbranched alkanes of at least 4 members (excludes halogenated alkanes) is 16. The van der Waals surface area contributed by atoms with Crippen LogP contribution in [0.15, 0.2) is 0 Å². The largest absolute Gasteiger partial charge is 0.466 e. The van der Waals surface area contributed by atoms with E-state index in [1.807, 2.05) is 0 Å². The van der Waals surface area contributed by atoms with Crippen molar-refractivity contribution in [2.24, 2.45) is 17.8 Å². The van der Waals surface area contributed by atoms with Gasteiger partial charge < -0.3 is 24.6 Å². The van der Waals surface area contributed by atoms with Crippen molar-refractivity contribution in [3.63, 3.8) is 0 Å². The van der Waals surface area contributed by atoms with Crippen molar-refractivity contribution in [1.82, 2.24) is 4.90 Å². The molecule has 0 spiro atoms. The zero-order valence-corrected chi connectivity index (χ0v) is 36.6. The first-order valence-corrected chi connectivity index (χ1v) is 23.7. The first-order valence-electron chi connectivity index (χ1n) is 23.7. The molecule has 54 heavy (non-hydrogen) atoms. The van der Waals surface area contributed by atoms with Crippen LogP contribution in [0.1, 0.15) is 227 Å². The molecular formula is C47H93NO6. The zero-order valence-electron chi connectivity index (χ0n) is 36.6. The highest BCUT2D eigenvalue weighted by atomic mass is 16.5. The lowest BCUT2D eigenvalue weighted by Crippen LogP contribution is -2.34. The summed E-state index contributed by atoms with van der Waals surface area (Å²) in [5.41, 5.74) is 0. The van der Waals surface area contributed by atoms with E-state index in [9.17, 15) is 19.8 Å². The van der Waals surface area contributed by atoms with Crippen LogP contribution >= 0.6 is 0 Å². The average molecular weight is 768 g/mol. The van der Waals surface area contributed by atoms with Gasteiger partial charge in [0.05, 0.1) is 19.8 Å². The van der Waals surface area contributed by atoms with Gasteiger partial charge in [-0.2, -0.15) is 0 Å². The van der Waals surface area contributed by atoms with Crippen LogP contribution in [0.25, 0.3) is 0 Å². The normalized spacial score (nSPS) is 13.3. The first-order chi connectivity index (χ1) is 26.4. The molecule has 0 saturated carbocycles. The van der Waals surface area contributed by atoms with Crippen LogP contribution in [0.2, 0.25) is 0 Å². The Morgan fingerprint density at radius 1 is 0.444 bits per heavy atom. The topological polar surface area (TPSA) is 96.3 Å². The van der Waals surface area contributed by atoms with Gasteiger partial charge in [-0.1, -0.05) is 175 Å².